The van der Waals surface area contributed by atoms with Gasteiger partial charge in [0.2, 0.25) is 0 Å². The molecule has 2 fully saturated rings. The monoisotopic (exact) mass is 292 g/mol. The van der Waals surface area contributed by atoms with Crippen molar-refractivity contribution < 1.29 is 5.11 Å². The molecule has 21 heavy (non-hydrogen) atoms. The van der Waals surface area contributed by atoms with Crippen LogP contribution >= 0.6 is 0 Å². The lowest BCUT2D eigenvalue weighted by molar-refractivity contribution is 0.0308. The average Bonchev–Trinajstić information content (AvgIpc) is 2.54. The molecule has 0 radical (unpaired) electrons. The van der Waals surface area contributed by atoms with Crippen LogP contribution in [0.4, 0.5) is 0 Å². The molecule has 0 aromatic rings. The predicted molar refractivity (Wildman–Crippen MR) is 85.8 cm³/mol. The summed E-state index contributed by atoms with van der Waals surface area (Å²) in [5.74, 6) is 0.959. The molecule has 0 bridgehead atoms. The van der Waals surface area contributed by atoms with Gasteiger partial charge in [0, 0.05) is 18.6 Å². The highest BCUT2D eigenvalue weighted by Gasteiger charge is 2.37. The summed E-state index contributed by atoms with van der Waals surface area (Å²) in [6, 6.07) is 3.56. The van der Waals surface area contributed by atoms with E-state index in [1.807, 2.05) is 0 Å². The first-order chi connectivity index (χ1) is 10.3. The maximum Gasteiger partial charge on any atom is 0.0672 e. The van der Waals surface area contributed by atoms with E-state index < -0.39 is 0 Å². The van der Waals surface area contributed by atoms with E-state index in [1.54, 1.807) is 0 Å². The van der Waals surface area contributed by atoms with Crippen molar-refractivity contribution >= 4 is 0 Å². The van der Waals surface area contributed by atoms with Gasteiger partial charge < -0.3 is 5.11 Å². The highest BCUT2D eigenvalue weighted by Crippen LogP contribution is 2.37. The van der Waals surface area contributed by atoms with Crippen LogP contribution in [0.1, 0.15) is 71.1 Å². The molecule has 0 heterocycles. The first-order valence-electron chi connectivity index (χ1n) is 9.06. The molecule has 0 aromatic carbocycles. The van der Waals surface area contributed by atoms with Gasteiger partial charge in [-0.1, -0.05) is 39.0 Å². The van der Waals surface area contributed by atoms with Crippen LogP contribution in [0, 0.1) is 23.2 Å². The maximum absolute atomic E-state index is 9.55. The lowest BCUT2D eigenvalue weighted by Crippen LogP contribution is -2.51. The number of hydrogen-bond donors (Lipinski definition) is 1. The zero-order chi connectivity index (χ0) is 15.1. The van der Waals surface area contributed by atoms with Crippen LogP contribution in [-0.4, -0.2) is 35.2 Å². The summed E-state index contributed by atoms with van der Waals surface area (Å²) in [6.07, 6.45) is 12.5. The van der Waals surface area contributed by atoms with Crippen molar-refractivity contribution in [2.45, 2.75) is 83.2 Å². The number of nitrogens with zero attached hydrogens (tertiary/aromatic N) is 2. The Morgan fingerprint density at radius 3 is 2.52 bits per heavy atom. The quantitative estimate of drug-likeness (QED) is 0.811. The maximum atomic E-state index is 9.55. The van der Waals surface area contributed by atoms with Crippen LogP contribution in [0.2, 0.25) is 0 Å². The SMILES string of the molecule is CCCC1CCC(C#N)C(N(CCO)C2CCCCC2)C1. The van der Waals surface area contributed by atoms with Gasteiger partial charge in [0.15, 0.2) is 0 Å². The third-order valence-electron chi connectivity index (χ3n) is 5.62. The summed E-state index contributed by atoms with van der Waals surface area (Å²) in [5.41, 5.74) is 0. The summed E-state index contributed by atoms with van der Waals surface area (Å²) in [6.45, 7) is 3.24. The van der Waals surface area contributed by atoms with Crippen molar-refractivity contribution in [2.24, 2.45) is 11.8 Å². The number of hydrogen-bond acceptors (Lipinski definition) is 3. The van der Waals surface area contributed by atoms with E-state index >= 15 is 0 Å². The second kappa shape index (κ2) is 8.76. The number of aliphatic hydroxyl groups is 1. The van der Waals surface area contributed by atoms with Crippen molar-refractivity contribution in [3.8, 4) is 6.07 Å². The molecule has 0 saturated heterocycles. The second-order valence-electron chi connectivity index (χ2n) is 7.02. The van der Waals surface area contributed by atoms with Crippen LogP contribution < -0.4 is 0 Å². The first-order valence-corrected chi connectivity index (χ1v) is 9.06. The molecule has 120 valence electrons. The Hall–Kier alpha value is -0.590. The summed E-state index contributed by atoms with van der Waals surface area (Å²) < 4.78 is 0. The summed E-state index contributed by atoms with van der Waals surface area (Å²) >= 11 is 0. The molecule has 0 spiro atoms. The van der Waals surface area contributed by atoms with Crippen molar-refractivity contribution in [1.82, 2.24) is 4.90 Å². The van der Waals surface area contributed by atoms with Crippen molar-refractivity contribution in [3.05, 3.63) is 0 Å². The third-order valence-corrected chi connectivity index (χ3v) is 5.62. The topological polar surface area (TPSA) is 47.3 Å². The van der Waals surface area contributed by atoms with Gasteiger partial charge in [0.05, 0.1) is 18.6 Å². The third kappa shape index (κ3) is 4.44. The van der Waals surface area contributed by atoms with Crippen LogP contribution in [0.15, 0.2) is 0 Å². The summed E-state index contributed by atoms with van der Waals surface area (Å²) in [4.78, 5) is 2.52. The van der Waals surface area contributed by atoms with Gasteiger partial charge >= 0.3 is 0 Å². The molecular weight excluding hydrogens is 260 g/mol. The molecule has 2 aliphatic rings. The van der Waals surface area contributed by atoms with Gasteiger partial charge in [-0.3, -0.25) is 4.90 Å². The number of nitriles is 1. The Morgan fingerprint density at radius 1 is 1.14 bits per heavy atom. The predicted octanol–water partition coefficient (Wildman–Crippen LogP) is 3.72. The molecule has 3 atom stereocenters. The highest BCUT2D eigenvalue weighted by atomic mass is 16.3. The molecule has 0 aromatic heterocycles. The van der Waals surface area contributed by atoms with Crippen LogP contribution in [0.5, 0.6) is 0 Å². The molecular formula is C18H32N2O. The fraction of sp³-hybridized carbons (Fsp3) is 0.944. The molecule has 2 rings (SSSR count). The van der Waals surface area contributed by atoms with E-state index in [9.17, 15) is 10.4 Å². The fourth-order valence-corrected chi connectivity index (χ4v) is 4.57. The normalized spacial score (nSPS) is 31.2. The Balaban J connectivity index is 2.07. The summed E-state index contributed by atoms with van der Waals surface area (Å²) in [5, 5.41) is 19.1. The van der Waals surface area contributed by atoms with E-state index in [0.29, 0.717) is 12.1 Å². The Morgan fingerprint density at radius 2 is 1.90 bits per heavy atom. The largest absolute Gasteiger partial charge is 0.395 e. The smallest absolute Gasteiger partial charge is 0.0672 e. The minimum Gasteiger partial charge on any atom is -0.395 e. The Labute approximate surface area is 130 Å². The van der Waals surface area contributed by atoms with Gasteiger partial charge in [0.25, 0.3) is 0 Å². The minimum absolute atomic E-state index is 0.173. The molecule has 3 unspecified atom stereocenters. The highest BCUT2D eigenvalue weighted by molar-refractivity contribution is 4.99. The molecule has 2 saturated carbocycles. The second-order valence-corrected chi connectivity index (χ2v) is 7.02. The van der Waals surface area contributed by atoms with E-state index in [1.165, 1.54) is 57.8 Å². The molecule has 3 nitrogen and oxygen atoms in total. The van der Waals surface area contributed by atoms with E-state index in [2.05, 4.69) is 17.9 Å². The van der Waals surface area contributed by atoms with Gasteiger partial charge in [0.1, 0.15) is 0 Å². The minimum atomic E-state index is 0.173. The number of rotatable bonds is 6. The zero-order valence-corrected chi connectivity index (χ0v) is 13.6. The van der Waals surface area contributed by atoms with Crippen LogP contribution in [0.25, 0.3) is 0 Å². The van der Waals surface area contributed by atoms with Gasteiger partial charge in [-0.15, -0.1) is 0 Å². The van der Waals surface area contributed by atoms with E-state index in [4.69, 9.17) is 0 Å². The molecule has 2 aliphatic carbocycles. The molecule has 0 amide bonds. The van der Waals surface area contributed by atoms with Gasteiger partial charge in [-0.25, -0.2) is 0 Å². The van der Waals surface area contributed by atoms with E-state index in [0.717, 1.165) is 18.9 Å². The summed E-state index contributed by atoms with van der Waals surface area (Å²) in [7, 11) is 0. The fourth-order valence-electron chi connectivity index (χ4n) is 4.57. The molecule has 1 N–H and O–H groups in total. The standard InChI is InChI=1S/C18H32N2O/c1-2-6-15-9-10-16(14-19)18(13-15)20(11-12-21)17-7-4-3-5-8-17/h15-18,21H,2-13H2,1H3. The van der Waals surface area contributed by atoms with Crippen molar-refractivity contribution in [2.75, 3.05) is 13.2 Å². The Kier molecular flexibility index (Phi) is 6.99. The lowest BCUT2D eigenvalue weighted by atomic mass is 9.75. The van der Waals surface area contributed by atoms with Crippen molar-refractivity contribution in [3.63, 3.8) is 0 Å². The van der Waals surface area contributed by atoms with E-state index in [-0.39, 0.29) is 12.5 Å². The molecule has 3 heteroatoms. The number of aliphatic hydroxyl groups excluding tert-OH is 1. The first kappa shape index (κ1) is 16.8. The van der Waals surface area contributed by atoms with Crippen LogP contribution in [-0.2, 0) is 0 Å². The van der Waals surface area contributed by atoms with Gasteiger partial charge in [-0.05, 0) is 38.0 Å². The van der Waals surface area contributed by atoms with Crippen molar-refractivity contribution in [1.29, 1.82) is 5.26 Å². The van der Waals surface area contributed by atoms with Gasteiger partial charge in [-0.2, -0.15) is 5.26 Å². The zero-order valence-electron chi connectivity index (χ0n) is 13.6. The van der Waals surface area contributed by atoms with Crippen LogP contribution in [0.3, 0.4) is 0 Å². The lowest BCUT2D eigenvalue weighted by Gasteiger charge is -2.45. The Bertz CT molecular complexity index is 333. The molecule has 0 aliphatic heterocycles. The average molecular weight is 292 g/mol.